The molecule has 0 unspecified atom stereocenters. The molecule has 0 saturated heterocycles. The Morgan fingerprint density at radius 3 is 2.52 bits per heavy atom. The van der Waals surface area contributed by atoms with E-state index in [-0.39, 0.29) is 42.8 Å². The van der Waals surface area contributed by atoms with E-state index >= 15 is 0 Å². The van der Waals surface area contributed by atoms with E-state index in [1.54, 1.807) is 0 Å². The van der Waals surface area contributed by atoms with Crippen LogP contribution >= 0.6 is 0 Å². The number of hydrogen-bond acceptors (Lipinski definition) is 6. The summed E-state index contributed by atoms with van der Waals surface area (Å²) in [6.45, 7) is 0. The smallest absolute Gasteiger partial charge is 0.391 e. The maximum atomic E-state index is 12.8. The molecule has 168 valence electrons. The Morgan fingerprint density at radius 1 is 1.13 bits per heavy atom. The van der Waals surface area contributed by atoms with Crippen molar-refractivity contribution in [3.63, 3.8) is 0 Å². The van der Waals surface area contributed by atoms with Gasteiger partial charge >= 0.3 is 17.8 Å². The normalized spacial score (nSPS) is 20.7. The van der Waals surface area contributed by atoms with Gasteiger partial charge in [0, 0.05) is 6.07 Å². The van der Waals surface area contributed by atoms with Crippen LogP contribution in [0, 0.1) is 11.8 Å². The Bertz CT molecular complexity index is 1070. The average molecular weight is 439 g/mol. The molecule has 2 heterocycles. The number of rotatable bonds is 4. The number of halogens is 3. The molecule has 4 rings (SSSR count). The second-order valence-electron chi connectivity index (χ2n) is 8.41. The molecule has 2 fully saturated rings. The van der Waals surface area contributed by atoms with Crippen LogP contribution in [0.2, 0.25) is 0 Å². The van der Waals surface area contributed by atoms with Crippen LogP contribution in [0.5, 0.6) is 6.01 Å². The zero-order chi connectivity index (χ0) is 22.0. The third kappa shape index (κ3) is 5.16. The fourth-order valence-corrected chi connectivity index (χ4v) is 4.51. The number of aromatic amines is 1. The average Bonchev–Trinajstić information content (AvgIpc) is 2.72. The van der Waals surface area contributed by atoms with Crippen LogP contribution in [0.25, 0.3) is 11.1 Å². The Balaban J connectivity index is 1.53. The minimum absolute atomic E-state index is 0.0488. The lowest BCUT2D eigenvalue weighted by atomic mass is 9.84. The number of H-pyrrole nitrogens is 1. The first-order chi connectivity index (χ1) is 14.8. The van der Waals surface area contributed by atoms with Crippen LogP contribution in [0.15, 0.2) is 25.2 Å². The van der Waals surface area contributed by atoms with Crippen LogP contribution in [-0.4, -0.2) is 21.9 Å². The molecule has 0 amide bonds. The van der Waals surface area contributed by atoms with Gasteiger partial charge in [-0.05, 0) is 43.6 Å². The topological polar surface area (TPSA) is 97.5 Å². The summed E-state index contributed by atoms with van der Waals surface area (Å²) in [5.41, 5.74) is -0.154. The predicted molar refractivity (Wildman–Crippen MR) is 107 cm³/mol. The number of nitrogens with zero attached hydrogens (tertiary/aromatic N) is 2. The Morgan fingerprint density at radius 2 is 1.84 bits per heavy atom. The van der Waals surface area contributed by atoms with Crippen molar-refractivity contribution in [2.45, 2.75) is 70.4 Å². The van der Waals surface area contributed by atoms with Gasteiger partial charge in [-0.1, -0.05) is 37.3 Å². The van der Waals surface area contributed by atoms with Crippen molar-refractivity contribution in [3.8, 4) is 6.01 Å². The fourth-order valence-electron chi connectivity index (χ4n) is 4.51. The molecule has 2 aromatic rings. The maximum Gasteiger partial charge on any atom is 0.391 e. The summed E-state index contributed by atoms with van der Waals surface area (Å²) in [7, 11) is 0. The summed E-state index contributed by atoms with van der Waals surface area (Å²) in [6.07, 6.45) is 2.21. The molecule has 31 heavy (non-hydrogen) atoms. The summed E-state index contributed by atoms with van der Waals surface area (Å²) < 4.78 is 43.4. The molecule has 2 aromatic heterocycles. The van der Waals surface area contributed by atoms with E-state index in [1.807, 2.05) is 0 Å². The highest BCUT2D eigenvalue weighted by Gasteiger charge is 2.40. The molecule has 0 aliphatic heterocycles. The number of aromatic nitrogens is 2. The molecule has 2 aliphatic rings. The largest absolute Gasteiger partial charge is 0.403 e. The van der Waals surface area contributed by atoms with Gasteiger partial charge in [-0.2, -0.15) is 18.2 Å². The van der Waals surface area contributed by atoms with Crippen LogP contribution in [0.1, 0.15) is 63.4 Å². The van der Waals surface area contributed by atoms with Gasteiger partial charge in [0.15, 0.2) is 0 Å². The minimum Gasteiger partial charge on any atom is -0.403 e. The van der Waals surface area contributed by atoms with Gasteiger partial charge in [0.25, 0.3) is 5.56 Å². The SMILES string of the molecule is O=c1cc(CC2CCCCC2)c2c(=O)[nH]c(ON=C3CCC(C(F)(F)F)CC3)nc2o1. The highest BCUT2D eigenvalue weighted by Crippen LogP contribution is 2.36. The molecule has 10 heteroatoms. The van der Waals surface area contributed by atoms with Gasteiger partial charge in [-0.15, -0.1) is 0 Å². The third-order valence-electron chi connectivity index (χ3n) is 6.20. The van der Waals surface area contributed by atoms with E-state index in [9.17, 15) is 22.8 Å². The fraction of sp³-hybridized carbons (Fsp3) is 0.619. The highest BCUT2D eigenvalue weighted by atomic mass is 19.4. The molecular formula is C21H24F3N3O4. The van der Waals surface area contributed by atoms with Gasteiger partial charge in [-0.25, -0.2) is 4.79 Å². The summed E-state index contributed by atoms with van der Waals surface area (Å²) in [5.74, 6) is -0.922. The van der Waals surface area contributed by atoms with E-state index in [0.29, 0.717) is 23.6 Å². The van der Waals surface area contributed by atoms with Gasteiger partial charge in [-0.3, -0.25) is 9.78 Å². The van der Waals surface area contributed by atoms with E-state index in [4.69, 9.17) is 9.25 Å². The van der Waals surface area contributed by atoms with E-state index < -0.39 is 23.3 Å². The van der Waals surface area contributed by atoms with Crippen molar-refractivity contribution < 1.29 is 22.4 Å². The second kappa shape index (κ2) is 8.84. The summed E-state index contributed by atoms with van der Waals surface area (Å²) in [5, 5.41) is 4.07. The van der Waals surface area contributed by atoms with Gasteiger partial charge in [0.2, 0.25) is 5.71 Å². The molecule has 0 spiro atoms. The summed E-state index contributed by atoms with van der Waals surface area (Å²) >= 11 is 0. The summed E-state index contributed by atoms with van der Waals surface area (Å²) in [6, 6.07) is 1.08. The van der Waals surface area contributed by atoms with Gasteiger partial charge in [0.05, 0.1) is 11.6 Å². The van der Waals surface area contributed by atoms with E-state index in [0.717, 1.165) is 25.7 Å². The first-order valence-corrected chi connectivity index (χ1v) is 10.7. The quantitative estimate of drug-likeness (QED) is 0.708. The molecule has 7 nitrogen and oxygen atoms in total. The van der Waals surface area contributed by atoms with Crippen LogP contribution in [0.3, 0.4) is 0 Å². The lowest BCUT2D eigenvalue weighted by Crippen LogP contribution is -2.28. The number of fused-ring (bicyclic) bond motifs is 1. The molecule has 1 N–H and O–H groups in total. The Kier molecular flexibility index (Phi) is 6.15. The van der Waals surface area contributed by atoms with E-state index in [2.05, 4.69) is 15.1 Å². The van der Waals surface area contributed by atoms with Crippen LogP contribution < -0.4 is 16.0 Å². The number of nitrogens with one attached hydrogen (secondary N) is 1. The molecular weight excluding hydrogens is 415 g/mol. The van der Waals surface area contributed by atoms with Crippen LogP contribution in [0.4, 0.5) is 13.2 Å². The van der Waals surface area contributed by atoms with Crippen molar-refractivity contribution in [1.82, 2.24) is 9.97 Å². The molecule has 0 bridgehead atoms. The Hall–Kier alpha value is -2.65. The van der Waals surface area contributed by atoms with Crippen molar-refractivity contribution in [3.05, 3.63) is 32.4 Å². The minimum atomic E-state index is -4.20. The first-order valence-electron chi connectivity index (χ1n) is 10.7. The summed E-state index contributed by atoms with van der Waals surface area (Å²) in [4.78, 5) is 36.4. The van der Waals surface area contributed by atoms with Gasteiger partial charge < -0.3 is 9.25 Å². The van der Waals surface area contributed by atoms with Crippen molar-refractivity contribution >= 4 is 16.8 Å². The zero-order valence-corrected chi connectivity index (χ0v) is 17.0. The molecule has 0 aromatic carbocycles. The zero-order valence-electron chi connectivity index (χ0n) is 17.0. The second-order valence-corrected chi connectivity index (χ2v) is 8.41. The number of hydrogen-bond donors (Lipinski definition) is 1. The lowest BCUT2D eigenvalue weighted by Gasteiger charge is -2.24. The number of oxime groups is 1. The Labute approximate surface area is 175 Å². The standard InChI is InChI=1S/C21H24F3N3O4/c22-21(23,24)14-6-8-15(9-7-14)27-31-20-25-18(29)17-13(10-12-4-2-1-3-5-12)11-16(28)30-19(17)26-20/h11-12,14H,1-10H2,(H,25,26,29). The van der Waals surface area contributed by atoms with Crippen molar-refractivity contribution in [2.75, 3.05) is 0 Å². The third-order valence-corrected chi connectivity index (χ3v) is 6.20. The van der Waals surface area contributed by atoms with Crippen molar-refractivity contribution in [2.24, 2.45) is 17.0 Å². The lowest BCUT2D eigenvalue weighted by molar-refractivity contribution is -0.178. The molecule has 0 atom stereocenters. The monoisotopic (exact) mass is 439 g/mol. The molecule has 2 aliphatic carbocycles. The van der Waals surface area contributed by atoms with Crippen molar-refractivity contribution in [1.29, 1.82) is 0 Å². The highest BCUT2D eigenvalue weighted by molar-refractivity contribution is 5.84. The number of alkyl halides is 3. The van der Waals surface area contributed by atoms with Gasteiger partial charge in [0.1, 0.15) is 5.39 Å². The first kappa shape index (κ1) is 21.6. The van der Waals surface area contributed by atoms with Crippen LogP contribution in [-0.2, 0) is 6.42 Å². The maximum absolute atomic E-state index is 12.8. The predicted octanol–water partition coefficient (Wildman–Crippen LogP) is 4.49. The molecule has 0 radical (unpaired) electrons. The van der Waals surface area contributed by atoms with E-state index in [1.165, 1.54) is 12.5 Å². The molecule has 2 saturated carbocycles.